The van der Waals surface area contributed by atoms with Crippen LogP contribution in [0.25, 0.3) is 10.9 Å². The van der Waals surface area contributed by atoms with Crippen LogP contribution in [0, 0.1) is 0 Å². The Bertz CT molecular complexity index is 1010. The molecule has 1 saturated heterocycles. The minimum atomic E-state index is -0.156. The van der Waals surface area contributed by atoms with Crippen molar-refractivity contribution in [1.29, 1.82) is 0 Å². The summed E-state index contributed by atoms with van der Waals surface area (Å²) in [4.78, 5) is 26.7. The average Bonchev–Trinajstić information content (AvgIpc) is 3.13. The van der Waals surface area contributed by atoms with Gasteiger partial charge in [-0.1, -0.05) is 18.2 Å². The van der Waals surface area contributed by atoms with Gasteiger partial charge in [0, 0.05) is 43.0 Å². The number of hydrogen-bond acceptors (Lipinski definition) is 4. The van der Waals surface area contributed by atoms with E-state index in [1.807, 2.05) is 42.5 Å². The number of H-pyrrole nitrogens is 1. The number of fused-ring (bicyclic) bond motifs is 1. The summed E-state index contributed by atoms with van der Waals surface area (Å²) in [5.74, 6) is -0.0628. The van der Waals surface area contributed by atoms with Crippen molar-refractivity contribution >= 4 is 28.4 Å². The molecular weight excluding hydrogens is 354 g/mol. The molecule has 2 aromatic carbocycles. The summed E-state index contributed by atoms with van der Waals surface area (Å²) in [6, 6.07) is 13.5. The number of anilines is 1. The molecule has 0 bridgehead atoms. The van der Waals surface area contributed by atoms with Crippen LogP contribution in [0.4, 0.5) is 5.69 Å². The van der Waals surface area contributed by atoms with Gasteiger partial charge >= 0.3 is 0 Å². The molecule has 1 unspecified atom stereocenters. The average molecular weight is 377 g/mol. The van der Waals surface area contributed by atoms with E-state index in [-0.39, 0.29) is 17.9 Å². The first-order valence-corrected chi connectivity index (χ1v) is 9.43. The first-order valence-electron chi connectivity index (χ1n) is 9.43. The quantitative estimate of drug-likeness (QED) is 0.652. The number of aromatic amines is 1. The Morgan fingerprint density at radius 1 is 1.29 bits per heavy atom. The lowest BCUT2D eigenvalue weighted by atomic mass is 10.1. The van der Waals surface area contributed by atoms with Crippen molar-refractivity contribution in [2.75, 3.05) is 18.4 Å². The first-order chi connectivity index (χ1) is 13.6. The Balaban J connectivity index is 1.49. The van der Waals surface area contributed by atoms with Crippen LogP contribution in [0.5, 0.6) is 0 Å². The van der Waals surface area contributed by atoms with Gasteiger partial charge in [0.05, 0.1) is 17.4 Å². The molecule has 7 nitrogen and oxygen atoms in total. The molecule has 28 heavy (non-hydrogen) atoms. The fraction of sp³-hybridized carbons (Fsp3) is 0.286. The van der Waals surface area contributed by atoms with E-state index < -0.39 is 0 Å². The molecule has 1 aliphatic rings. The van der Waals surface area contributed by atoms with Gasteiger partial charge in [-0.2, -0.15) is 5.10 Å². The van der Waals surface area contributed by atoms with Gasteiger partial charge in [-0.25, -0.2) is 0 Å². The molecule has 1 aliphatic heterocycles. The van der Waals surface area contributed by atoms with Crippen LogP contribution in [-0.4, -0.2) is 46.0 Å². The van der Waals surface area contributed by atoms with Gasteiger partial charge < -0.3 is 10.6 Å². The summed E-state index contributed by atoms with van der Waals surface area (Å²) in [6.07, 6.45) is 2.21. The molecule has 0 radical (unpaired) electrons. The number of carbonyl (C=O) groups excluding carboxylic acids is 2. The molecule has 0 spiro atoms. The number of amides is 2. The Hall–Kier alpha value is -3.19. The van der Waals surface area contributed by atoms with Gasteiger partial charge in [-0.15, -0.1) is 0 Å². The number of hydrogen-bond donors (Lipinski definition) is 3. The highest BCUT2D eigenvalue weighted by atomic mass is 16.2. The molecule has 0 saturated carbocycles. The summed E-state index contributed by atoms with van der Waals surface area (Å²) >= 11 is 0. The minimum absolute atomic E-state index is 0.0934. The number of benzene rings is 2. The van der Waals surface area contributed by atoms with E-state index in [9.17, 15) is 9.59 Å². The molecule has 1 fully saturated rings. The molecule has 0 aliphatic carbocycles. The normalized spacial score (nSPS) is 17.9. The summed E-state index contributed by atoms with van der Waals surface area (Å²) in [7, 11) is 0. The van der Waals surface area contributed by atoms with E-state index in [0.717, 1.165) is 22.2 Å². The molecule has 4 rings (SSSR count). The Labute approximate surface area is 163 Å². The second kappa shape index (κ2) is 7.82. The van der Waals surface area contributed by atoms with Crippen LogP contribution in [0.2, 0.25) is 0 Å². The zero-order valence-electron chi connectivity index (χ0n) is 15.7. The molecule has 3 aromatic rings. The number of aromatic nitrogens is 2. The second-order valence-corrected chi connectivity index (χ2v) is 7.16. The van der Waals surface area contributed by atoms with Crippen LogP contribution < -0.4 is 10.6 Å². The van der Waals surface area contributed by atoms with Crippen molar-refractivity contribution < 1.29 is 9.59 Å². The van der Waals surface area contributed by atoms with Crippen LogP contribution >= 0.6 is 0 Å². The predicted molar refractivity (Wildman–Crippen MR) is 108 cm³/mol. The summed E-state index contributed by atoms with van der Waals surface area (Å²) in [5.41, 5.74) is 3.27. The molecule has 1 aromatic heterocycles. The van der Waals surface area contributed by atoms with Crippen molar-refractivity contribution in [3.8, 4) is 0 Å². The number of nitrogens with zero attached hydrogens (tertiary/aromatic N) is 2. The summed E-state index contributed by atoms with van der Waals surface area (Å²) < 4.78 is 0. The van der Waals surface area contributed by atoms with Crippen molar-refractivity contribution in [3.05, 3.63) is 59.8 Å². The highest BCUT2D eigenvalue weighted by Crippen LogP contribution is 2.22. The zero-order chi connectivity index (χ0) is 19.5. The maximum atomic E-state index is 12.8. The van der Waals surface area contributed by atoms with Crippen molar-refractivity contribution in [2.45, 2.75) is 25.9 Å². The van der Waals surface area contributed by atoms with Gasteiger partial charge in [-0.05, 0) is 36.8 Å². The maximum absolute atomic E-state index is 12.8. The number of nitrogens with one attached hydrogen (secondary N) is 3. The highest BCUT2D eigenvalue weighted by Gasteiger charge is 2.20. The van der Waals surface area contributed by atoms with Crippen LogP contribution in [0.3, 0.4) is 0 Å². The van der Waals surface area contributed by atoms with E-state index in [1.165, 1.54) is 0 Å². The van der Waals surface area contributed by atoms with Crippen LogP contribution in [0.1, 0.15) is 29.3 Å². The zero-order valence-corrected chi connectivity index (χ0v) is 15.7. The second-order valence-electron chi connectivity index (χ2n) is 7.16. The van der Waals surface area contributed by atoms with Crippen LogP contribution in [0.15, 0.2) is 48.7 Å². The third-order valence-electron chi connectivity index (χ3n) is 5.15. The van der Waals surface area contributed by atoms with E-state index in [4.69, 9.17) is 0 Å². The van der Waals surface area contributed by atoms with E-state index >= 15 is 0 Å². The highest BCUT2D eigenvalue weighted by molar-refractivity contribution is 6.08. The topological polar surface area (TPSA) is 90.1 Å². The minimum Gasteiger partial charge on any atom is -0.355 e. The Morgan fingerprint density at radius 2 is 2.14 bits per heavy atom. The largest absolute Gasteiger partial charge is 0.355 e. The van der Waals surface area contributed by atoms with E-state index in [2.05, 4.69) is 32.7 Å². The predicted octanol–water partition coefficient (Wildman–Crippen LogP) is 2.53. The molecular formula is C21H23N5O2. The van der Waals surface area contributed by atoms with Gasteiger partial charge in [0.2, 0.25) is 5.91 Å². The fourth-order valence-corrected chi connectivity index (χ4v) is 3.50. The fourth-order valence-electron chi connectivity index (χ4n) is 3.50. The molecule has 1 atom stereocenters. The molecule has 144 valence electrons. The van der Waals surface area contributed by atoms with Crippen molar-refractivity contribution in [1.82, 2.24) is 20.4 Å². The lowest BCUT2D eigenvalue weighted by Crippen LogP contribution is -2.37. The molecule has 3 N–H and O–H groups in total. The molecule has 7 heteroatoms. The van der Waals surface area contributed by atoms with Gasteiger partial charge in [0.15, 0.2) is 0 Å². The maximum Gasteiger partial charge on any atom is 0.255 e. The smallest absolute Gasteiger partial charge is 0.255 e. The van der Waals surface area contributed by atoms with E-state index in [1.54, 1.807) is 6.20 Å². The van der Waals surface area contributed by atoms with Crippen molar-refractivity contribution in [2.24, 2.45) is 0 Å². The van der Waals surface area contributed by atoms with Crippen molar-refractivity contribution in [3.63, 3.8) is 0 Å². The number of rotatable bonds is 4. The monoisotopic (exact) mass is 377 g/mol. The SMILES string of the molecule is CC1CNC(=O)CCN1Cc1cccc(C(=O)Nc2cccc3[nH]ncc23)c1. The lowest BCUT2D eigenvalue weighted by Gasteiger charge is -2.26. The molecule has 2 heterocycles. The van der Waals surface area contributed by atoms with Gasteiger partial charge in [0.25, 0.3) is 5.91 Å². The van der Waals surface area contributed by atoms with E-state index in [0.29, 0.717) is 31.6 Å². The first kappa shape index (κ1) is 18.2. The summed E-state index contributed by atoms with van der Waals surface area (Å²) in [6.45, 7) is 4.17. The third kappa shape index (κ3) is 3.89. The van der Waals surface area contributed by atoms with Crippen LogP contribution in [-0.2, 0) is 11.3 Å². The Kier molecular flexibility index (Phi) is 5.08. The van der Waals surface area contributed by atoms with Gasteiger partial charge in [-0.3, -0.25) is 19.6 Å². The van der Waals surface area contributed by atoms with Gasteiger partial charge in [0.1, 0.15) is 0 Å². The lowest BCUT2D eigenvalue weighted by molar-refractivity contribution is -0.120. The third-order valence-corrected chi connectivity index (χ3v) is 5.15. The standard InChI is InChI=1S/C21H23N5O2/c1-14-11-22-20(27)8-9-26(14)13-15-4-2-5-16(10-15)21(28)24-18-6-3-7-19-17(18)12-23-25-19/h2-7,10,12,14H,8-9,11,13H2,1H3,(H,22,27)(H,23,25)(H,24,28). The number of carbonyl (C=O) groups is 2. The Morgan fingerprint density at radius 3 is 3.04 bits per heavy atom. The summed E-state index contributed by atoms with van der Waals surface area (Å²) in [5, 5.41) is 13.7. The molecule has 2 amide bonds.